The lowest BCUT2D eigenvalue weighted by Gasteiger charge is -2.04. The van der Waals surface area contributed by atoms with E-state index in [4.69, 9.17) is 27.9 Å². The van der Waals surface area contributed by atoms with Gasteiger partial charge in [-0.1, -0.05) is 47.5 Å². The van der Waals surface area contributed by atoms with E-state index >= 15 is 0 Å². The number of benzene rings is 2. The van der Waals surface area contributed by atoms with E-state index in [1.807, 2.05) is 48.5 Å². The fourth-order valence-electron chi connectivity index (χ4n) is 1.45. The third-order valence-electron chi connectivity index (χ3n) is 2.25. The first-order chi connectivity index (χ1) is 7.79. The standard InChI is InChI=1S/C13H10Cl2O/c14-9-16-13-7-3-11(4-8-13)10-1-5-12(15)6-2-10/h1-8H,9H2. The van der Waals surface area contributed by atoms with E-state index in [-0.39, 0.29) is 6.07 Å². The summed E-state index contributed by atoms with van der Waals surface area (Å²) >= 11 is 11.3. The van der Waals surface area contributed by atoms with Gasteiger partial charge in [0.2, 0.25) is 0 Å². The highest BCUT2D eigenvalue weighted by Crippen LogP contribution is 2.23. The molecule has 0 saturated heterocycles. The lowest BCUT2D eigenvalue weighted by molar-refractivity contribution is 0.388. The Kier molecular flexibility index (Phi) is 3.70. The largest absolute Gasteiger partial charge is 0.478 e. The van der Waals surface area contributed by atoms with Crippen molar-refractivity contribution in [3.63, 3.8) is 0 Å². The van der Waals surface area contributed by atoms with E-state index in [0.717, 1.165) is 21.9 Å². The van der Waals surface area contributed by atoms with Gasteiger partial charge in [0.05, 0.1) is 0 Å². The summed E-state index contributed by atoms with van der Waals surface area (Å²) in [5, 5.41) is 0.742. The number of alkyl halides is 1. The smallest absolute Gasteiger partial charge is 0.162 e. The highest BCUT2D eigenvalue weighted by Gasteiger charge is 1.98. The van der Waals surface area contributed by atoms with E-state index < -0.39 is 0 Å². The van der Waals surface area contributed by atoms with Crippen molar-refractivity contribution in [2.45, 2.75) is 0 Å². The Labute approximate surface area is 105 Å². The van der Waals surface area contributed by atoms with Crippen LogP contribution in [0.1, 0.15) is 0 Å². The molecule has 0 spiro atoms. The van der Waals surface area contributed by atoms with E-state index in [9.17, 15) is 0 Å². The second-order valence-corrected chi connectivity index (χ2v) is 3.94. The molecular weight excluding hydrogens is 243 g/mol. The Morgan fingerprint density at radius 2 is 1.31 bits per heavy atom. The number of ether oxygens (including phenoxy) is 1. The van der Waals surface area contributed by atoms with Crippen molar-refractivity contribution < 1.29 is 4.74 Å². The van der Waals surface area contributed by atoms with Crippen LogP contribution in [0.4, 0.5) is 0 Å². The minimum absolute atomic E-state index is 0.167. The Morgan fingerprint density at radius 3 is 1.81 bits per heavy atom. The van der Waals surface area contributed by atoms with Gasteiger partial charge in [-0.15, -0.1) is 0 Å². The van der Waals surface area contributed by atoms with Crippen LogP contribution in [0.2, 0.25) is 5.02 Å². The average molecular weight is 253 g/mol. The van der Waals surface area contributed by atoms with Gasteiger partial charge >= 0.3 is 0 Å². The van der Waals surface area contributed by atoms with Crippen LogP contribution in [0.25, 0.3) is 11.1 Å². The summed E-state index contributed by atoms with van der Waals surface area (Å²) < 4.78 is 5.16. The quantitative estimate of drug-likeness (QED) is 0.727. The molecule has 0 atom stereocenters. The van der Waals surface area contributed by atoms with Gasteiger partial charge in [-0.25, -0.2) is 0 Å². The topological polar surface area (TPSA) is 9.23 Å². The SMILES string of the molecule is ClCOc1ccc(-c2ccc(Cl)cc2)cc1. The van der Waals surface area contributed by atoms with E-state index in [1.165, 1.54) is 0 Å². The van der Waals surface area contributed by atoms with E-state index in [2.05, 4.69) is 0 Å². The average Bonchev–Trinajstić information content (AvgIpc) is 2.32. The first kappa shape index (κ1) is 11.3. The van der Waals surface area contributed by atoms with Gasteiger partial charge in [-0.2, -0.15) is 0 Å². The van der Waals surface area contributed by atoms with Crippen LogP contribution in [0, 0.1) is 0 Å². The van der Waals surface area contributed by atoms with Gasteiger partial charge in [0, 0.05) is 5.02 Å². The lowest BCUT2D eigenvalue weighted by atomic mass is 10.1. The van der Waals surface area contributed by atoms with E-state index in [1.54, 1.807) is 0 Å². The fraction of sp³-hybridized carbons (Fsp3) is 0.0769. The molecule has 2 rings (SSSR count). The highest BCUT2D eigenvalue weighted by atomic mass is 35.5. The maximum atomic E-state index is 5.83. The summed E-state index contributed by atoms with van der Waals surface area (Å²) in [5.41, 5.74) is 2.25. The summed E-state index contributed by atoms with van der Waals surface area (Å²) in [6, 6.07) is 15.7. The maximum absolute atomic E-state index is 5.83. The Morgan fingerprint density at radius 1 is 0.812 bits per heavy atom. The lowest BCUT2D eigenvalue weighted by Crippen LogP contribution is -1.88. The third kappa shape index (κ3) is 2.69. The van der Waals surface area contributed by atoms with Crippen LogP contribution in [0.5, 0.6) is 5.75 Å². The summed E-state index contributed by atoms with van der Waals surface area (Å²) in [4.78, 5) is 0. The van der Waals surface area contributed by atoms with Crippen LogP contribution in [0.15, 0.2) is 48.5 Å². The zero-order chi connectivity index (χ0) is 11.4. The second-order valence-electron chi connectivity index (χ2n) is 3.28. The second kappa shape index (κ2) is 5.24. The number of hydrogen-bond donors (Lipinski definition) is 0. The van der Waals surface area contributed by atoms with Gasteiger partial charge in [-0.3, -0.25) is 0 Å². The Hall–Kier alpha value is -1.18. The normalized spacial score (nSPS) is 10.1. The summed E-state index contributed by atoms with van der Waals surface area (Å²) in [6.07, 6.45) is 0. The number of halogens is 2. The van der Waals surface area contributed by atoms with Crippen LogP contribution in [-0.4, -0.2) is 6.07 Å². The number of hydrogen-bond acceptors (Lipinski definition) is 1. The van der Waals surface area contributed by atoms with Crippen molar-refractivity contribution >= 4 is 23.2 Å². The molecular formula is C13H10Cl2O. The van der Waals surface area contributed by atoms with Gasteiger partial charge in [-0.05, 0) is 35.4 Å². The molecule has 3 heteroatoms. The van der Waals surface area contributed by atoms with Crippen LogP contribution >= 0.6 is 23.2 Å². The van der Waals surface area contributed by atoms with Gasteiger partial charge in [0.1, 0.15) is 5.75 Å². The Bertz CT molecular complexity index is 448. The van der Waals surface area contributed by atoms with Gasteiger partial charge in [0.15, 0.2) is 6.07 Å². The maximum Gasteiger partial charge on any atom is 0.162 e. The van der Waals surface area contributed by atoms with Crippen molar-refractivity contribution in [2.24, 2.45) is 0 Å². The Balaban J connectivity index is 2.24. The number of rotatable bonds is 3. The molecule has 0 heterocycles. The molecule has 0 unspecified atom stereocenters. The summed E-state index contributed by atoms with van der Waals surface area (Å²) in [7, 11) is 0. The van der Waals surface area contributed by atoms with Crippen molar-refractivity contribution in [1.82, 2.24) is 0 Å². The molecule has 0 aliphatic rings. The van der Waals surface area contributed by atoms with Gasteiger partial charge in [0.25, 0.3) is 0 Å². The molecule has 0 aliphatic carbocycles. The molecule has 0 aliphatic heterocycles. The molecule has 0 fully saturated rings. The molecule has 0 radical (unpaired) electrons. The molecule has 0 bridgehead atoms. The van der Waals surface area contributed by atoms with E-state index in [0.29, 0.717) is 0 Å². The molecule has 0 aromatic heterocycles. The molecule has 2 aromatic carbocycles. The highest BCUT2D eigenvalue weighted by molar-refractivity contribution is 6.30. The van der Waals surface area contributed by atoms with Gasteiger partial charge < -0.3 is 4.74 Å². The molecule has 0 amide bonds. The summed E-state index contributed by atoms with van der Waals surface area (Å²) in [6.45, 7) is 0. The fourth-order valence-corrected chi connectivity index (χ4v) is 1.70. The third-order valence-corrected chi connectivity index (χ3v) is 2.61. The predicted octanol–water partition coefficient (Wildman–Crippen LogP) is 4.58. The molecule has 82 valence electrons. The zero-order valence-corrected chi connectivity index (χ0v) is 10.0. The van der Waals surface area contributed by atoms with Crippen LogP contribution in [-0.2, 0) is 0 Å². The van der Waals surface area contributed by atoms with Crippen molar-refractivity contribution in [3.05, 3.63) is 53.6 Å². The molecule has 1 nitrogen and oxygen atoms in total. The van der Waals surface area contributed by atoms with Crippen molar-refractivity contribution in [3.8, 4) is 16.9 Å². The summed E-state index contributed by atoms with van der Waals surface area (Å²) in [5.74, 6) is 0.771. The van der Waals surface area contributed by atoms with Crippen molar-refractivity contribution in [1.29, 1.82) is 0 Å². The molecule has 0 N–H and O–H groups in total. The predicted molar refractivity (Wildman–Crippen MR) is 68.2 cm³/mol. The minimum Gasteiger partial charge on any atom is -0.478 e. The minimum atomic E-state index is 0.167. The monoisotopic (exact) mass is 252 g/mol. The first-order valence-corrected chi connectivity index (χ1v) is 5.75. The zero-order valence-electron chi connectivity index (χ0n) is 8.49. The molecule has 2 aromatic rings. The van der Waals surface area contributed by atoms with Crippen LogP contribution in [0.3, 0.4) is 0 Å². The molecule has 16 heavy (non-hydrogen) atoms. The van der Waals surface area contributed by atoms with Crippen LogP contribution < -0.4 is 4.74 Å². The first-order valence-electron chi connectivity index (χ1n) is 4.84. The molecule has 0 saturated carbocycles. The van der Waals surface area contributed by atoms with Crippen molar-refractivity contribution in [2.75, 3.05) is 6.07 Å².